The average molecular weight is 559 g/mol. The molecule has 2 aromatic rings. The highest BCUT2D eigenvalue weighted by Crippen LogP contribution is 2.32. The molecular weight excluding hydrogens is 520 g/mol. The van der Waals surface area contributed by atoms with Crippen LogP contribution >= 0.6 is 11.3 Å². The number of sulfonamides is 1. The molecule has 0 spiro atoms. The number of benzene rings is 1. The van der Waals surface area contributed by atoms with Crippen molar-refractivity contribution in [1.29, 1.82) is 0 Å². The molecule has 1 aromatic heterocycles. The number of aryl methyl sites for hydroxylation is 1. The number of carbonyl (C=O) groups excluding carboxylic acids is 2. The molecule has 3 aliphatic heterocycles. The Bertz CT molecular complexity index is 1270. The lowest BCUT2D eigenvalue weighted by Crippen LogP contribution is -2.57. The van der Waals surface area contributed by atoms with E-state index in [-0.39, 0.29) is 28.8 Å². The van der Waals surface area contributed by atoms with Crippen LogP contribution in [0.15, 0.2) is 41.3 Å². The molecule has 8 nitrogen and oxygen atoms in total. The zero-order valence-electron chi connectivity index (χ0n) is 22.3. The average Bonchev–Trinajstić information content (AvgIpc) is 3.64. The lowest BCUT2D eigenvalue weighted by atomic mass is 9.97. The molecule has 4 heterocycles. The minimum atomic E-state index is -3.88. The lowest BCUT2D eigenvalue weighted by Gasteiger charge is -2.40. The highest BCUT2D eigenvalue weighted by Gasteiger charge is 2.42. The van der Waals surface area contributed by atoms with E-state index in [0.29, 0.717) is 25.9 Å². The molecule has 206 valence electrons. The number of nitrogens with zero attached hydrogens (tertiary/aromatic N) is 3. The van der Waals surface area contributed by atoms with E-state index in [0.717, 1.165) is 42.9 Å². The second-order valence-corrected chi connectivity index (χ2v) is 14.1. The van der Waals surface area contributed by atoms with Crippen LogP contribution in [-0.2, 0) is 19.6 Å². The van der Waals surface area contributed by atoms with Crippen LogP contribution in [0.2, 0.25) is 0 Å². The molecule has 1 aromatic carbocycles. The Labute approximate surface area is 230 Å². The van der Waals surface area contributed by atoms with E-state index in [1.54, 1.807) is 35.6 Å². The number of carbonyl (C=O) groups is 2. The van der Waals surface area contributed by atoms with Gasteiger partial charge in [0.15, 0.2) is 0 Å². The Morgan fingerprint density at radius 1 is 1.03 bits per heavy atom. The zero-order valence-corrected chi connectivity index (χ0v) is 24.0. The fraction of sp³-hybridized carbons (Fsp3) is 0.571. The number of nitrogens with one attached hydrogen (secondary N) is 1. The quantitative estimate of drug-likeness (QED) is 0.536. The van der Waals surface area contributed by atoms with Crippen molar-refractivity contribution in [2.75, 3.05) is 39.3 Å². The summed E-state index contributed by atoms with van der Waals surface area (Å²) in [7, 11) is -3.88. The summed E-state index contributed by atoms with van der Waals surface area (Å²) in [6.45, 7) is 8.42. The SMILES string of the molecule is Cc1ccc(-c2ccc(S(=O)(=O)N[C@H]3CCCN(CC(=O)N4CCC[C@@]4(C)CN4CCCC4)C3=O)cc2)s1. The Hall–Kier alpha value is -2.27. The van der Waals surface area contributed by atoms with Crippen LogP contribution in [0.25, 0.3) is 10.4 Å². The second kappa shape index (κ2) is 11.1. The van der Waals surface area contributed by atoms with E-state index in [4.69, 9.17) is 0 Å². The van der Waals surface area contributed by atoms with Gasteiger partial charge in [0.25, 0.3) is 0 Å². The number of likely N-dealkylation sites (tertiary alicyclic amines) is 3. The van der Waals surface area contributed by atoms with Crippen molar-refractivity contribution in [3.63, 3.8) is 0 Å². The summed E-state index contributed by atoms with van der Waals surface area (Å²) in [5.41, 5.74) is 0.744. The number of piperidine rings is 1. The number of thiophene rings is 1. The molecule has 38 heavy (non-hydrogen) atoms. The molecular formula is C28H38N4O4S2. The maximum Gasteiger partial charge on any atom is 0.242 e. The fourth-order valence-corrected chi connectivity index (χ4v) is 8.23. The molecule has 0 saturated carbocycles. The van der Waals surface area contributed by atoms with E-state index in [9.17, 15) is 18.0 Å². The van der Waals surface area contributed by atoms with Gasteiger partial charge in [0, 0.05) is 29.4 Å². The summed E-state index contributed by atoms with van der Waals surface area (Å²) in [6.07, 6.45) is 5.43. The Morgan fingerprint density at radius 2 is 1.76 bits per heavy atom. The molecule has 3 fully saturated rings. The second-order valence-electron chi connectivity index (χ2n) is 11.1. The van der Waals surface area contributed by atoms with Crippen LogP contribution in [0.3, 0.4) is 0 Å². The standard InChI is InChI=1S/C28H38N4O4S2/c1-21-8-13-25(37-21)22-9-11-23(12-10-22)38(35,36)29-24-7-5-17-31(27(24)34)19-26(33)32-18-6-14-28(32,2)20-30-15-3-4-16-30/h8-13,24,29H,3-7,14-20H2,1-2H3/t24-,28-/m0/s1. The number of rotatable bonds is 8. The van der Waals surface area contributed by atoms with Crippen LogP contribution in [0.4, 0.5) is 0 Å². The van der Waals surface area contributed by atoms with Gasteiger partial charge >= 0.3 is 0 Å². The van der Waals surface area contributed by atoms with Crippen molar-refractivity contribution in [3.8, 4) is 10.4 Å². The predicted molar refractivity (Wildman–Crippen MR) is 149 cm³/mol. The minimum Gasteiger partial charge on any atom is -0.334 e. The van der Waals surface area contributed by atoms with Crippen molar-refractivity contribution in [3.05, 3.63) is 41.3 Å². The first-order valence-corrected chi connectivity index (χ1v) is 16.0. The van der Waals surface area contributed by atoms with Crippen molar-refractivity contribution in [1.82, 2.24) is 19.4 Å². The largest absolute Gasteiger partial charge is 0.334 e. The summed E-state index contributed by atoms with van der Waals surface area (Å²) in [6, 6.07) is 9.94. The smallest absolute Gasteiger partial charge is 0.242 e. The highest BCUT2D eigenvalue weighted by atomic mass is 32.2. The van der Waals surface area contributed by atoms with Crippen LogP contribution in [0.5, 0.6) is 0 Å². The normalized spacial score (nSPS) is 24.9. The van der Waals surface area contributed by atoms with Gasteiger partial charge in [-0.3, -0.25) is 9.59 Å². The van der Waals surface area contributed by atoms with E-state index in [1.807, 2.05) is 24.0 Å². The van der Waals surface area contributed by atoms with Crippen molar-refractivity contribution in [2.24, 2.45) is 0 Å². The molecule has 5 rings (SSSR count). The molecule has 0 bridgehead atoms. The van der Waals surface area contributed by atoms with E-state index >= 15 is 0 Å². The van der Waals surface area contributed by atoms with Gasteiger partial charge in [-0.1, -0.05) is 12.1 Å². The summed E-state index contributed by atoms with van der Waals surface area (Å²) in [5, 5.41) is 0. The van der Waals surface area contributed by atoms with Gasteiger partial charge in [-0.05, 0) is 95.3 Å². The summed E-state index contributed by atoms with van der Waals surface area (Å²) < 4.78 is 28.9. The maximum absolute atomic E-state index is 13.4. The van der Waals surface area contributed by atoms with Crippen molar-refractivity contribution < 1.29 is 18.0 Å². The Morgan fingerprint density at radius 3 is 2.45 bits per heavy atom. The molecule has 0 radical (unpaired) electrons. The molecule has 2 atom stereocenters. The molecule has 2 amide bonds. The first kappa shape index (κ1) is 27.3. The third-order valence-electron chi connectivity index (χ3n) is 8.16. The molecule has 0 aliphatic carbocycles. The molecule has 3 saturated heterocycles. The summed E-state index contributed by atoms with van der Waals surface area (Å²) in [4.78, 5) is 35.0. The number of hydrogen-bond acceptors (Lipinski definition) is 6. The monoisotopic (exact) mass is 558 g/mol. The Kier molecular flexibility index (Phi) is 7.96. The third-order valence-corrected chi connectivity index (χ3v) is 10.7. The maximum atomic E-state index is 13.4. The molecule has 1 N–H and O–H groups in total. The molecule has 3 aliphatic rings. The van der Waals surface area contributed by atoms with Gasteiger partial charge in [-0.25, -0.2) is 8.42 Å². The van der Waals surface area contributed by atoms with Gasteiger partial charge in [-0.15, -0.1) is 11.3 Å². The van der Waals surface area contributed by atoms with Crippen LogP contribution < -0.4 is 4.72 Å². The van der Waals surface area contributed by atoms with E-state index in [2.05, 4.69) is 16.5 Å². The Balaban J connectivity index is 1.21. The van der Waals surface area contributed by atoms with E-state index < -0.39 is 16.1 Å². The summed E-state index contributed by atoms with van der Waals surface area (Å²) in [5.74, 6) is -0.361. The van der Waals surface area contributed by atoms with Crippen molar-refractivity contribution in [2.45, 2.75) is 68.8 Å². The lowest BCUT2D eigenvalue weighted by molar-refractivity contribution is -0.145. The van der Waals surface area contributed by atoms with Gasteiger partial charge in [0.1, 0.15) is 6.04 Å². The van der Waals surface area contributed by atoms with Gasteiger partial charge < -0.3 is 14.7 Å². The molecule has 0 unspecified atom stereocenters. The minimum absolute atomic E-state index is 0.00157. The summed E-state index contributed by atoms with van der Waals surface area (Å²) >= 11 is 1.66. The fourth-order valence-electron chi connectivity index (χ4n) is 6.13. The number of amides is 2. The van der Waals surface area contributed by atoms with Gasteiger partial charge in [0.2, 0.25) is 21.8 Å². The third kappa shape index (κ3) is 5.83. The first-order valence-electron chi connectivity index (χ1n) is 13.7. The zero-order chi connectivity index (χ0) is 26.9. The predicted octanol–water partition coefficient (Wildman–Crippen LogP) is 3.47. The van der Waals surface area contributed by atoms with Gasteiger partial charge in [0.05, 0.1) is 17.0 Å². The van der Waals surface area contributed by atoms with Gasteiger partial charge in [-0.2, -0.15) is 4.72 Å². The molecule has 10 heteroatoms. The van der Waals surface area contributed by atoms with Crippen LogP contribution in [0, 0.1) is 6.92 Å². The van der Waals surface area contributed by atoms with E-state index in [1.165, 1.54) is 22.6 Å². The highest BCUT2D eigenvalue weighted by molar-refractivity contribution is 7.89. The van der Waals surface area contributed by atoms with Crippen LogP contribution in [-0.4, -0.2) is 85.8 Å². The number of hydrogen-bond donors (Lipinski definition) is 1. The first-order chi connectivity index (χ1) is 18.1. The van der Waals surface area contributed by atoms with Crippen molar-refractivity contribution >= 4 is 33.2 Å². The van der Waals surface area contributed by atoms with Crippen LogP contribution in [0.1, 0.15) is 50.3 Å². The topological polar surface area (TPSA) is 90.0 Å².